The molecule has 4 heteroatoms. The van der Waals surface area contributed by atoms with E-state index in [-0.39, 0.29) is 24.7 Å². The molecule has 1 aliphatic rings. The van der Waals surface area contributed by atoms with Crippen LogP contribution in [0.15, 0.2) is 24.3 Å². The molecule has 1 atom stereocenters. The van der Waals surface area contributed by atoms with Gasteiger partial charge in [0.1, 0.15) is 5.82 Å². The van der Waals surface area contributed by atoms with Crippen molar-refractivity contribution in [3.63, 3.8) is 0 Å². The Morgan fingerprint density at radius 2 is 2.12 bits per heavy atom. The minimum atomic E-state index is -2.58. The van der Waals surface area contributed by atoms with Crippen LogP contribution in [-0.4, -0.2) is 12.0 Å². The molecule has 0 unspecified atom stereocenters. The number of hydrogen-bond acceptors (Lipinski definition) is 1. The molecule has 0 aromatic heterocycles. The maximum absolute atomic E-state index is 13.1. The van der Waals surface area contributed by atoms with Crippen LogP contribution in [0.3, 0.4) is 0 Å². The summed E-state index contributed by atoms with van der Waals surface area (Å²) in [6, 6.07) is 5.66. The first-order valence-electron chi connectivity index (χ1n) is 5.45. The molecule has 88 valence electrons. The van der Waals surface area contributed by atoms with Crippen LogP contribution in [0, 0.1) is 5.82 Å². The van der Waals surface area contributed by atoms with Gasteiger partial charge < -0.3 is 5.32 Å². The van der Waals surface area contributed by atoms with Crippen LogP contribution in [0.25, 0.3) is 0 Å². The van der Waals surface area contributed by atoms with Crippen LogP contribution in [0.4, 0.5) is 18.9 Å². The fraction of sp³-hybridized carbons (Fsp3) is 0.500. The number of alkyl halides is 2. The maximum atomic E-state index is 13.1. The summed E-state index contributed by atoms with van der Waals surface area (Å²) < 4.78 is 39.1. The standard InChI is InChI=1S/C12H14F3N/c13-9-3-1-4-10(7-9)16-11-5-2-6-12(14,15)8-11/h1,3-4,7,11,16H,2,5-6,8H2/t11-/m1/s1. The van der Waals surface area contributed by atoms with Gasteiger partial charge in [0.25, 0.3) is 0 Å². The molecular formula is C12H14F3N. The van der Waals surface area contributed by atoms with E-state index in [1.807, 2.05) is 0 Å². The van der Waals surface area contributed by atoms with E-state index in [0.717, 1.165) is 0 Å². The van der Waals surface area contributed by atoms with Crippen molar-refractivity contribution in [1.82, 2.24) is 0 Å². The molecule has 1 N–H and O–H groups in total. The molecule has 1 aromatic carbocycles. The first kappa shape index (κ1) is 11.3. The molecule has 1 saturated carbocycles. The summed E-state index contributed by atoms with van der Waals surface area (Å²) in [4.78, 5) is 0. The molecule has 1 fully saturated rings. The van der Waals surface area contributed by atoms with Gasteiger partial charge in [-0.2, -0.15) is 0 Å². The molecule has 0 aliphatic heterocycles. The van der Waals surface area contributed by atoms with Crippen molar-refractivity contribution in [1.29, 1.82) is 0 Å². The minimum Gasteiger partial charge on any atom is -0.382 e. The van der Waals surface area contributed by atoms with Gasteiger partial charge in [-0.1, -0.05) is 6.07 Å². The summed E-state index contributed by atoms with van der Waals surface area (Å²) in [5, 5.41) is 2.96. The monoisotopic (exact) mass is 229 g/mol. The number of benzene rings is 1. The van der Waals surface area contributed by atoms with Gasteiger partial charge in [0.15, 0.2) is 0 Å². The topological polar surface area (TPSA) is 12.0 Å². The third-order valence-corrected chi connectivity index (χ3v) is 2.84. The molecule has 1 aromatic rings. The molecule has 1 nitrogen and oxygen atoms in total. The Morgan fingerprint density at radius 3 is 2.81 bits per heavy atom. The lowest BCUT2D eigenvalue weighted by atomic mass is 9.92. The zero-order valence-electron chi connectivity index (χ0n) is 8.85. The molecule has 0 saturated heterocycles. The molecule has 0 radical (unpaired) electrons. The third-order valence-electron chi connectivity index (χ3n) is 2.84. The minimum absolute atomic E-state index is 0.0334. The van der Waals surface area contributed by atoms with Gasteiger partial charge in [0.05, 0.1) is 0 Å². The van der Waals surface area contributed by atoms with Crippen LogP contribution in [0.1, 0.15) is 25.7 Å². The van der Waals surface area contributed by atoms with Gasteiger partial charge in [-0.25, -0.2) is 13.2 Å². The van der Waals surface area contributed by atoms with Crippen molar-refractivity contribution in [3.05, 3.63) is 30.1 Å². The van der Waals surface area contributed by atoms with Crippen molar-refractivity contribution >= 4 is 5.69 Å². The number of nitrogens with one attached hydrogen (secondary N) is 1. The Bertz CT molecular complexity index is 365. The Balaban J connectivity index is 1.99. The summed E-state index contributed by atoms with van der Waals surface area (Å²) in [6.07, 6.45) is 1.03. The fourth-order valence-corrected chi connectivity index (χ4v) is 2.11. The van der Waals surface area contributed by atoms with Gasteiger partial charge in [0, 0.05) is 24.6 Å². The highest BCUT2D eigenvalue weighted by Crippen LogP contribution is 2.34. The zero-order valence-corrected chi connectivity index (χ0v) is 8.85. The number of rotatable bonds is 2. The lowest BCUT2D eigenvalue weighted by Gasteiger charge is -2.30. The molecular weight excluding hydrogens is 215 g/mol. The Kier molecular flexibility index (Phi) is 3.08. The molecule has 1 aliphatic carbocycles. The molecule has 16 heavy (non-hydrogen) atoms. The number of halogens is 3. The van der Waals surface area contributed by atoms with Crippen LogP contribution in [-0.2, 0) is 0 Å². The fourth-order valence-electron chi connectivity index (χ4n) is 2.11. The quantitative estimate of drug-likeness (QED) is 0.813. The van der Waals surface area contributed by atoms with Crippen LogP contribution < -0.4 is 5.32 Å². The second-order valence-corrected chi connectivity index (χ2v) is 4.30. The van der Waals surface area contributed by atoms with E-state index in [1.54, 1.807) is 12.1 Å². The summed E-state index contributed by atoms with van der Waals surface area (Å²) in [5.41, 5.74) is 0.572. The first-order valence-corrected chi connectivity index (χ1v) is 5.45. The SMILES string of the molecule is Fc1cccc(N[C@@H]2CCCC(F)(F)C2)c1. The van der Waals surface area contributed by atoms with E-state index in [1.165, 1.54) is 12.1 Å². The van der Waals surface area contributed by atoms with E-state index < -0.39 is 5.92 Å². The predicted octanol–water partition coefficient (Wildman–Crippen LogP) is 3.82. The summed E-state index contributed by atoms with van der Waals surface area (Å²) in [5.74, 6) is -2.93. The molecule has 0 bridgehead atoms. The highest BCUT2D eigenvalue weighted by molar-refractivity contribution is 5.44. The van der Waals surface area contributed by atoms with Crippen molar-refractivity contribution in [3.8, 4) is 0 Å². The zero-order chi connectivity index (χ0) is 11.6. The van der Waals surface area contributed by atoms with Gasteiger partial charge in [0.2, 0.25) is 5.92 Å². The van der Waals surface area contributed by atoms with Gasteiger partial charge in [-0.05, 0) is 31.0 Å². The largest absolute Gasteiger partial charge is 0.382 e. The van der Waals surface area contributed by atoms with E-state index >= 15 is 0 Å². The van der Waals surface area contributed by atoms with Crippen LogP contribution in [0.2, 0.25) is 0 Å². The third kappa shape index (κ3) is 2.90. The average Bonchev–Trinajstić information content (AvgIpc) is 2.15. The smallest absolute Gasteiger partial charge is 0.250 e. The Morgan fingerprint density at radius 1 is 1.31 bits per heavy atom. The van der Waals surface area contributed by atoms with Crippen molar-refractivity contribution in [2.45, 2.75) is 37.6 Å². The van der Waals surface area contributed by atoms with Gasteiger partial charge >= 0.3 is 0 Å². The van der Waals surface area contributed by atoms with E-state index in [9.17, 15) is 13.2 Å². The summed E-state index contributed by atoms with van der Waals surface area (Å²) in [6.45, 7) is 0. The predicted molar refractivity (Wildman–Crippen MR) is 57.2 cm³/mol. The van der Waals surface area contributed by atoms with Gasteiger partial charge in [-0.3, -0.25) is 0 Å². The van der Waals surface area contributed by atoms with Crippen molar-refractivity contribution in [2.24, 2.45) is 0 Å². The Labute approximate surface area is 92.7 Å². The van der Waals surface area contributed by atoms with Gasteiger partial charge in [-0.15, -0.1) is 0 Å². The number of anilines is 1. The maximum Gasteiger partial charge on any atom is 0.250 e. The van der Waals surface area contributed by atoms with E-state index in [4.69, 9.17) is 0 Å². The molecule has 0 spiro atoms. The average molecular weight is 229 g/mol. The van der Waals surface area contributed by atoms with Crippen molar-refractivity contribution < 1.29 is 13.2 Å². The molecule has 0 heterocycles. The van der Waals surface area contributed by atoms with E-state index in [2.05, 4.69) is 5.32 Å². The number of hydrogen-bond donors (Lipinski definition) is 1. The highest BCUT2D eigenvalue weighted by Gasteiger charge is 2.36. The molecule has 0 amide bonds. The normalized spacial score (nSPS) is 24.1. The first-order chi connectivity index (χ1) is 7.55. The second-order valence-electron chi connectivity index (χ2n) is 4.30. The Hall–Kier alpha value is -1.19. The second kappa shape index (κ2) is 4.36. The van der Waals surface area contributed by atoms with E-state index in [0.29, 0.717) is 18.5 Å². The highest BCUT2D eigenvalue weighted by atomic mass is 19.3. The summed E-state index contributed by atoms with van der Waals surface area (Å²) in [7, 11) is 0. The molecule has 2 rings (SSSR count). The lowest BCUT2D eigenvalue weighted by Crippen LogP contribution is -2.34. The van der Waals surface area contributed by atoms with Crippen LogP contribution >= 0.6 is 0 Å². The van der Waals surface area contributed by atoms with Crippen molar-refractivity contribution in [2.75, 3.05) is 5.32 Å². The van der Waals surface area contributed by atoms with Crippen LogP contribution in [0.5, 0.6) is 0 Å². The summed E-state index contributed by atoms with van der Waals surface area (Å²) >= 11 is 0. The lowest BCUT2D eigenvalue weighted by molar-refractivity contribution is -0.0373.